The van der Waals surface area contributed by atoms with Crippen LogP contribution in [0, 0.1) is 0 Å². The van der Waals surface area contributed by atoms with Gasteiger partial charge in [0.2, 0.25) is 0 Å². The highest BCUT2D eigenvalue weighted by molar-refractivity contribution is 6.06. The van der Waals surface area contributed by atoms with Crippen molar-refractivity contribution in [2.75, 3.05) is 25.4 Å². The van der Waals surface area contributed by atoms with Crippen molar-refractivity contribution < 1.29 is 0 Å². The molecule has 0 radical (unpaired) electrons. The van der Waals surface area contributed by atoms with Crippen LogP contribution in [0.2, 0.25) is 0 Å². The van der Waals surface area contributed by atoms with Crippen molar-refractivity contribution in [1.29, 1.82) is 0 Å². The Labute approximate surface area is 159 Å². The molecule has 4 rings (SSSR count). The quantitative estimate of drug-likeness (QED) is 0.536. The van der Waals surface area contributed by atoms with Crippen LogP contribution in [-0.2, 0) is 13.0 Å². The van der Waals surface area contributed by atoms with Crippen LogP contribution in [0.1, 0.15) is 25.6 Å². The van der Waals surface area contributed by atoms with Crippen molar-refractivity contribution in [3.8, 4) is 0 Å². The van der Waals surface area contributed by atoms with E-state index in [1.807, 2.05) is 12.1 Å². The SMILES string of the molecule is CCCCc1nc2c(N)nc3ccccc3c2n1C/C=C/CNC1CNC1. The molecule has 1 aliphatic heterocycles. The third-order valence-electron chi connectivity index (χ3n) is 5.20. The highest BCUT2D eigenvalue weighted by Gasteiger charge is 2.16. The van der Waals surface area contributed by atoms with E-state index in [1.54, 1.807) is 0 Å². The molecule has 0 unspecified atom stereocenters. The molecule has 0 bridgehead atoms. The fourth-order valence-electron chi connectivity index (χ4n) is 3.56. The lowest BCUT2D eigenvalue weighted by molar-refractivity contribution is 0.379. The molecule has 2 aromatic heterocycles. The third-order valence-corrected chi connectivity index (χ3v) is 5.20. The molecule has 1 fully saturated rings. The van der Waals surface area contributed by atoms with Crippen LogP contribution >= 0.6 is 0 Å². The van der Waals surface area contributed by atoms with Gasteiger partial charge in [-0.2, -0.15) is 0 Å². The first kappa shape index (κ1) is 17.9. The summed E-state index contributed by atoms with van der Waals surface area (Å²) in [7, 11) is 0. The zero-order valence-electron chi connectivity index (χ0n) is 15.9. The Bertz CT molecular complexity index is 954. The van der Waals surface area contributed by atoms with Crippen LogP contribution < -0.4 is 16.4 Å². The van der Waals surface area contributed by atoms with Crippen molar-refractivity contribution in [3.05, 3.63) is 42.2 Å². The smallest absolute Gasteiger partial charge is 0.152 e. The molecular formula is C21H28N6. The monoisotopic (exact) mass is 364 g/mol. The molecule has 0 saturated carbocycles. The summed E-state index contributed by atoms with van der Waals surface area (Å²) in [6.07, 6.45) is 7.65. The maximum atomic E-state index is 6.24. The molecule has 1 aromatic carbocycles. The Balaban J connectivity index is 1.67. The molecule has 3 heterocycles. The van der Waals surface area contributed by atoms with E-state index in [1.165, 1.54) is 0 Å². The Morgan fingerprint density at radius 3 is 2.89 bits per heavy atom. The molecule has 142 valence electrons. The zero-order chi connectivity index (χ0) is 18.6. The maximum Gasteiger partial charge on any atom is 0.152 e. The number of anilines is 1. The van der Waals surface area contributed by atoms with Gasteiger partial charge in [-0.25, -0.2) is 9.97 Å². The van der Waals surface area contributed by atoms with Gasteiger partial charge in [0.1, 0.15) is 11.3 Å². The number of hydrogen-bond donors (Lipinski definition) is 3. The molecule has 0 aliphatic carbocycles. The van der Waals surface area contributed by atoms with E-state index in [0.29, 0.717) is 11.9 Å². The first-order chi connectivity index (χ1) is 13.3. The van der Waals surface area contributed by atoms with E-state index in [0.717, 1.165) is 73.2 Å². The van der Waals surface area contributed by atoms with E-state index in [9.17, 15) is 0 Å². The fourth-order valence-corrected chi connectivity index (χ4v) is 3.56. The van der Waals surface area contributed by atoms with Crippen molar-refractivity contribution in [3.63, 3.8) is 0 Å². The standard InChI is InChI=1S/C21H28N6/c1-2-3-10-18-26-19-20(16-8-4-5-9-17(16)25-21(19)22)27(18)12-7-6-11-24-15-13-23-14-15/h4-9,15,23-24H,2-3,10-14H2,1H3,(H2,22,25)/b7-6+. The Morgan fingerprint density at radius 2 is 2.11 bits per heavy atom. The van der Waals surface area contributed by atoms with Gasteiger partial charge < -0.3 is 20.9 Å². The van der Waals surface area contributed by atoms with Crippen LogP contribution in [0.4, 0.5) is 5.82 Å². The van der Waals surface area contributed by atoms with E-state index < -0.39 is 0 Å². The lowest BCUT2D eigenvalue weighted by atomic mass is 10.2. The number of aromatic nitrogens is 3. The van der Waals surface area contributed by atoms with Crippen LogP contribution in [0.3, 0.4) is 0 Å². The summed E-state index contributed by atoms with van der Waals surface area (Å²) >= 11 is 0. The summed E-state index contributed by atoms with van der Waals surface area (Å²) in [6, 6.07) is 8.79. The summed E-state index contributed by atoms with van der Waals surface area (Å²) in [4.78, 5) is 9.42. The van der Waals surface area contributed by atoms with Crippen molar-refractivity contribution in [2.45, 2.75) is 38.8 Å². The molecule has 0 amide bonds. The van der Waals surface area contributed by atoms with Crippen LogP contribution in [0.25, 0.3) is 21.9 Å². The average Bonchev–Trinajstić information content (AvgIpc) is 3.01. The van der Waals surface area contributed by atoms with Crippen LogP contribution in [0.15, 0.2) is 36.4 Å². The number of pyridine rings is 1. The van der Waals surface area contributed by atoms with E-state index in [4.69, 9.17) is 10.7 Å². The predicted octanol–water partition coefficient (Wildman–Crippen LogP) is 2.63. The topological polar surface area (TPSA) is 80.8 Å². The molecular weight excluding hydrogens is 336 g/mol. The number of fused-ring (bicyclic) bond motifs is 3. The van der Waals surface area contributed by atoms with E-state index in [-0.39, 0.29) is 0 Å². The number of nitrogens with two attached hydrogens (primary N) is 1. The summed E-state index contributed by atoms with van der Waals surface area (Å²) in [6.45, 7) is 6.04. The van der Waals surface area contributed by atoms with Crippen LogP contribution in [0.5, 0.6) is 0 Å². The first-order valence-corrected chi connectivity index (χ1v) is 9.90. The molecule has 3 aromatic rings. The number of aryl methyl sites for hydroxylation is 1. The number of unbranched alkanes of at least 4 members (excludes halogenated alkanes) is 1. The lowest BCUT2D eigenvalue weighted by Gasteiger charge is -2.27. The number of para-hydroxylation sites is 1. The summed E-state index contributed by atoms with van der Waals surface area (Å²) in [5.41, 5.74) is 9.10. The van der Waals surface area contributed by atoms with Crippen LogP contribution in [-0.4, -0.2) is 40.2 Å². The summed E-state index contributed by atoms with van der Waals surface area (Å²) < 4.78 is 2.31. The number of nitrogens with one attached hydrogen (secondary N) is 2. The Morgan fingerprint density at radius 1 is 1.26 bits per heavy atom. The van der Waals surface area contributed by atoms with Gasteiger partial charge in [-0.05, 0) is 12.5 Å². The maximum absolute atomic E-state index is 6.24. The molecule has 4 N–H and O–H groups in total. The Kier molecular flexibility index (Phi) is 5.36. The fraction of sp³-hybridized carbons (Fsp3) is 0.429. The van der Waals surface area contributed by atoms with Crippen molar-refractivity contribution in [1.82, 2.24) is 25.2 Å². The molecule has 27 heavy (non-hydrogen) atoms. The van der Waals surface area contributed by atoms with Crippen molar-refractivity contribution in [2.24, 2.45) is 0 Å². The van der Waals surface area contributed by atoms with Crippen molar-refractivity contribution >= 4 is 27.8 Å². The van der Waals surface area contributed by atoms with Gasteiger partial charge in [-0.1, -0.05) is 43.7 Å². The first-order valence-electron chi connectivity index (χ1n) is 9.90. The van der Waals surface area contributed by atoms with Gasteiger partial charge >= 0.3 is 0 Å². The number of benzene rings is 1. The summed E-state index contributed by atoms with van der Waals surface area (Å²) in [5.74, 6) is 1.61. The minimum Gasteiger partial charge on any atom is -0.382 e. The van der Waals surface area contributed by atoms with Gasteiger partial charge in [0.25, 0.3) is 0 Å². The van der Waals surface area contributed by atoms with E-state index >= 15 is 0 Å². The minimum absolute atomic E-state index is 0.517. The minimum atomic E-state index is 0.517. The third kappa shape index (κ3) is 3.68. The zero-order valence-corrected chi connectivity index (χ0v) is 15.9. The highest BCUT2D eigenvalue weighted by atomic mass is 15.1. The second-order valence-corrected chi connectivity index (χ2v) is 7.19. The number of hydrogen-bond acceptors (Lipinski definition) is 5. The second kappa shape index (κ2) is 8.06. The number of rotatable bonds is 8. The van der Waals surface area contributed by atoms with Gasteiger partial charge in [0.15, 0.2) is 5.82 Å². The number of imidazole rings is 1. The normalized spacial score (nSPS) is 15.1. The second-order valence-electron chi connectivity index (χ2n) is 7.19. The molecule has 6 heteroatoms. The van der Waals surface area contributed by atoms with Gasteiger partial charge in [-0.3, -0.25) is 0 Å². The van der Waals surface area contributed by atoms with Gasteiger partial charge in [-0.15, -0.1) is 0 Å². The Hall–Kier alpha value is -2.44. The van der Waals surface area contributed by atoms with Gasteiger partial charge in [0, 0.05) is 44.0 Å². The van der Waals surface area contributed by atoms with Gasteiger partial charge in [0.05, 0.1) is 11.0 Å². The number of nitrogens with zero attached hydrogens (tertiary/aromatic N) is 3. The molecule has 0 atom stereocenters. The lowest BCUT2D eigenvalue weighted by Crippen LogP contribution is -2.55. The number of allylic oxidation sites excluding steroid dienone is 1. The molecule has 1 saturated heterocycles. The van der Waals surface area contributed by atoms with E-state index in [2.05, 4.69) is 51.4 Å². The highest BCUT2D eigenvalue weighted by Crippen LogP contribution is 2.29. The molecule has 1 aliphatic rings. The predicted molar refractivity (Wildman–Crippen MR) is 112 cm³/mol. The average molecular weight is 364 g/mol. The largest absolute Gasteiger partial charge is 0.382 e. The molecule has 6 nitrogen and oxygen atoms in total. The summed E-state index contributed by atoms with van der Waals surface area (Å²) in [5, 5.41) is 7.91. The molecule has 0 spiro atoms. The number of nitrogen functional groups attached to an aromatic ring is 1.